The molecule has 0 spiro atoms. The van der Waals surface area contributed by atoms with Gasteiger partial charge in [-0.1, -0.05) is 12.1 Å². The zero-order valence-corrected chi connectivity index (χ0v) is 11.4. The Hall–Kier alpha value is -0.910. The van der Waals surface area contributed by atoms with Gasteiger partial charge in [0.1, 0.15) is 0 Å². The summed E-state index contributed by atoms with van der Waals surface area (Å²) in [5.41, 5.74) is 0.987. The van der Waals surface area contributed by atoms with Crippen LogP contribution in [-0.4, -0.2) is 49.8 Å². The molecular formula is C13H18N2O2S. The predicted octanol–water partition coefficient (Wildman–Crippen LogP) is 1.07. The normalized spacial score (nSPS) is 28.5. The van der Waals surface area contributed by atoms with Crippen LogP contribution in [0.25, 0.3) is 0 Å². The van der Waals surface area contributed by atoms with E-state index in [0.29, 0.717) is 11.4 Å². The minimum Gasteiger partial charge on any atom is -0.300 e. The smallest absolute Gasteiger partial charge is 0.243 e. The lowest BCUT2D eigenvalue weighted by atomic mass is 10.2. The second-order valence-electron chi connectivity index (χ2n) is 5.18. The van der Waals surface area contributed by atoms with Crippen molar-refractivity contribution in [3.63, 3.8) is 0 Å². The Bertz CT molecular complexity index is 556. The number of rotatable bonds is 2. The molecule has 2 aliphatic rings. The summed E-state index contributed by atoms with van der Waals surface area (Å²) in [7, 11) is -3.31. The van der Waals surface area contributed by atoms with E-state index in [-0.39, 0.29) is 6.04 Å². The molecule has 0 saturated carbocycles. The summed E-state index contributed by atoms with van der Waals surface area (Å²) >= 11 is 0. The zero-order valence-electron chi connectivity index (χ0n) is 10.5. The molecule has 0 aliphatic carbocycles. The van der Waals surface area contributed by atoms with Crippen LogP contribution in [0.3, 0.4) is 0 Å². The third kappa shape index (κ3) is 1.96. The Kier molecular flexibility index (Phi) is 2.92. The molecule has 2 heterocycles. The fourth-order valence-corrected chi connectivity index (χ4v) is 4.64. The summed E-state index contributed by atoms with van der Waals surface area (Å²) in [6.45, 7) is 5.34. The Morgan fingerprint density at radius 2 is 2.06 bits per heavy atom. The molecule has 2 unspecified atom stereocenters. The van der Waals surface area contributed by atoms with Crippen molar-refractivity contribution < 1.29 is 8.42 Å². The summed E-state index contributed by atoms with van der Waals surface area (Å²) in [5, 5.41) is 0. The van der Waals surface area contributed by atoms with Crippen molar-refractivity contribution in [2.75, 3.05) is 26.2 Å². The largest absolute Gasteiger partial charge is 0.300 e. The van der Waals surface area contributed by atoms with E-state index in [9.17, 15) is 8.42 Å². The topological polar surface area (TPSA) is 40.6 Å². The number of hydrogen-bond donors (Lipinski definition) is 0. The van der Waals surface area contributed by atoms with E-state index >= 15 is 0 Å². The maximum Gasteiger partial charge on any atom is 0.243 e. The minimum atomic E-state index is -3.31. The van der Waals surface area contributed by atoms with Gasteiger partial charge in [-0.2, -0.15) is 4.31 Å². The minimum absolute atomic E-state index is 0.171. The highest BCUT2D eigenvalue weighted by Gasteiger charge is 2.39. The quantitative estimate of drug-likeness (QED) is 0.804. The summed E-state index contributed by atoms with van der Waals surface area (Å²) in [6.07, 6.45) is 0.963. The zero-order chi connectivity index (χ0) is 12.8. The van der Waals surface area contributed by atoms with Gasteiger partial charge in [0.05, 0.1) is 4.90 Å². The van der Waals surface area contributed by atoms with Gasteiger partial charge in [-0.25, -0.2) is 8.42 Å². The van der Waals surface area contributed by atoms with Gasteiger partial charge in [0, 0.05) is 25.7 Å². The van der Waals surface area contributed by atoms with Crippen molar-refractivity contribution in [2.45, 2.75) is 24.3 Å². The van der Waals surface area contributed by atoms with Crippen molar-refractivity contribution in [3.05, 3.63) is 29.8 Å². The molecular weight excluding hydrogens is 248 g/mol. The number of nitrogens with zero attached hydrogens (tertiary/aromatic N) is 2. The number of sulfonamides is 1. The third-order valence-electron chi connectivity index (χ3n) is 3.89. The molecule has 3 rings (SSSR count). The average molecular weight is 266 g/mol. The number of hydrogen-bond acceptors (Lipinski definition) is 3. The van der Waals surface area contributed by atoms with Crippen LogP contribution in [0.1, 0.15) is 12.0 Å². The SMILES string of the molecule is Cc1cccc(S(=O)(=O)N2CCN3CCC2C3)c1. The van der Waals surface area contributed by atoms with Gasteiger partial charge < -0.3 is 4.90 Å². The standard InChI is InChI=1S/C13H18N2O2S/c1-11-3-2-4-13(9-11)18(16,17)15-8-7-14-6-5-12(15)10-14/h2-4,9,12H,5-8,10H2,1H3. The van der Waals surface area contributed by atoms with Crippen LogP contribution < -0.4 is 0 Å². The van der Waals surface area contributed by atoms with Crippen molar-refractivity contribution in [1.82, 2.24) is 9.21 Å². The van der Waals surface area contributed by atoms with Crippen LogP contribution in [-0.2, 0) is 10.0 Å². The third-order valence-corrected chi connectivity index (χ3v) is 5.84. The van der Waals surface area contributed by atoms with Crippen LogP contribution in [0.15, 0.2) is 29.2 Å². The monoisotopic (exact) mass is 266 g/mol. The highest BCUT2D eigenvalue weighted by atomic mass is 32.2. The van der Waals surface area contributed by atoms with Crippen LogP contribution in [0.5, 0.6) is 0 Å². The van der Waals surface area contributed by atoms with E-state index in [1.54, 1.807) is 16.4 Å². The van der Waals surface area contributed by atoms with Crippen LogP contribution in [0.4, 0.5) is 0 Å². The summed E-state index contributed by atoms with van der Waals surface area (Å²) in [4.78, 5) is 2.77. The van der Waals surface area contributed by atoms with Crippen molar-refractivity contribution in [3.8, 4) is 0 Å². The van der Waals surface area contributed by atoms with Gasteiger partial charge in [-0.15, -0.1) is 0 Å². The molecule has 0 amide bonds. The van der Waals surface area contributed by atoms with E-state index in [4.69, 9.17) is 0 Å². The molecule has 0 radical (unpaired) electrons. The Labute approximate surface area is 108 Å². The van der Waals surface area contributed by atoms with Gasteiger partial charge in [0.25, 0.3) is 0 Å². The highest BCUT2D eigenvalue weighted by molar-refractivity contribution is 7.89. The first-order chi connectivity index (χ1) is 8.57. The van der Waals surface area contributed by atoms with Crippen LogP contribution in [0.2, 0.25) is 0 Å². The first-order valence-electron chi connectivity index (χ1n) is 6.38. The Morgan fingerprint density at radius 3 is 2.83 bits per heavy atom. The molecule has 4 nitrogen and oxygen atoms in total. The fourth-order valence-electron chi connectivity index (χ4n) is 2.90. The van der Waals surface area contributed by atoms with Gasteiger partial charge in [-0.05, 0) is 37.6 Å². The van der Waals surface area contributed by atoms with E-state index in [1.165, 1.54) is 0 Å². The van der Waals surface area contributed by atoms with Gasteiger partial charge >= 0.3 is 0 Å². The first-order valence-corrected chi connectivity index (χ1v) is 7.82. The fraction of sp³-hybridized carbons (Fsp3) is 0.538. The van der Waals surface area contributed by atoms with E-state index in [0.717, 1.165) is 31.6 Å². The molecule has 18 heavy (non-hydrogen) atoms. The molecule has 2 atom stereocenters. The number of aryl methyl sites for hydroxylation is 1. The second kappa shape index (κ2) is 4.33. The maximum absolute atomic E-state index is 12.6. The van der Waals surface area contributed by atoms with E-state index in [1.807, 2.05) is 19.1 Å². The van der Waals surface area contributed by atoms with Gasteiger partial charge in [-0.3, -0.25) is 0 Å². The predicted molar refractivity (Wildman–Crippen MR) is 69.9 cm³/mol. The number of piperazine rings is 1. The molecule has 2 saturated heterocycles. The molecule has 2 fully saturated rings. The van der Waals surface area contributed by atoms with Gasteiger partial charge in [0.2, 0.25) is 10.0 Å². The Balaban J connectivity index is 1.95. The Morgan fingerprint density at radius 1 is 1.22 bits per heavy atom. The second-order valence-corrected chi connectivity index (χ2v) is 7.07. The molecule has 2 aliphatic heterocycles. The lowest BCUT2D eigenvalue weighted by Gasteiger charge is -2.33. The van der Waals surface area contributed by atoms with Crippen LogP contribution in [0, 0.1) is 6.92 Å². The molecule has 1 aromatic carbocycles. The van der Waals surface area contributed by atoms with Gasteiger partial charge in [0.15, 0.2) is 0 Å². The van der Waals surface area contributed by atoms with Crippen molar-refractivity contribution in [2.24, 2.45) is 0 Å². The summed E-state index contributed by atoms with van der Waals surface area (Å²) < 4.78 is 27.0. The lowest BCUT2D eigenvalue weighted by Crippen LogP contribution is -2.49. The lowest BCUT2D eigenvalue weighted by molar-refractivity contribution is 0.213. The highest BCUT2D eigenvalue weighted by Crippen LogP contribution is 2.27. The average Bonchev–Trinajstić information content (AvgIpc) is 2.70. The van der Waals surface area contributed by atoms with Crippen LogP contribution >= 0.6 is 0 Å². The maximum atomic E-state index is 12.6. The molecule has 0 aromatic heterocycles. The molecule has 98 valence electrons. The molecule has 5 heteroatoms. The number of benzene rings is 1. The van der Waals surface area contributed by atoms with Crippen molar-refractivity contribution >= 4 is 10.0 Å². The summed E-state index contributed by atoms with van der Waals surface area (Å²) in [5.74, 6) is 0. The van der Waals surface area contributed by atoms with E-state index < -0.39 is 10.0 Å². The molecule has 0 N–H and O–H groups in total. The number of fused-ring (bicyclic) bond motifs is 2. The van der Waals surface area contributed by atoms with Crippen molar-refractivity contribution in [1.29, 1.82) is 0 Å². The summed E-state index contributed by atoms with van der Waals surface area (Å²) in [6, 6.07) is 7.37. The first kappa shape index (κ1) is 12.1. The van der Waals surface area contributed by atoms with E-state index in [2.05, 4.69) is 4.90 Å². The molecule has 1 aromatic rings. The molecule has 2 bridgehead atoms.